The molecule has 1 heterocycles. The highest BCUT2D eigenvalue weighted by molar-refractivity contribution is 6.33. The van der Waals surface area contributed by atoms with Crippen molar-refractivity contribution in [1.29, 1.82) is 0 Å². The average Bonchev–Trinajstić information content (AvgIpc) is 2.87. The molecule has 1 saturated heterocycles. The molecule has 1 aromatic carbocycles. The fraction of sp³-hybridized carbons (Fsp3) is 0.536. The van der Waals surface area contributed by atoms with Gasteiger partial charge in [-0.1, -0.05) is 55.6 Å². The Hall–Kier alpha value is -3.00. The van der Waals surface area contributed by atoms with Crippen LogP contribution in [0.4, 0.5) is 0 Å². The third-order valence-electron chi connectivity index (χ3n) is 6.04. The van der Waals surface area contributed by atoms with Gasteiger partial charge in [-0.05, 0) is 43.7 Å². The number of phenolic OH excluding ortho intramolecular Hbond substituents is 2. The molecule has 1 aromatic rings. The Kier molecular flexibility index (Phi) is 13.0. The van der Waals surface area contributed by atoms with Crippen LogP contribution in [0, 0.1) is 0 Å². The van der Waals surface area contributed by atoms with E-state index in [0.29, 0.717) is 31.6 Å². The van der Waals surface area contributed by atoms with Crippen molar-refractivity contribution in [3.63, 3.8) is 0 Å². The molecular weight excluding hydrogens is 496 g/mol. The number of carbonyl (C=O) groups excluding carboxylic acids is 2. The minimum absolute atomic E-state index is 0.0384. The number of aromatic hydroxyl groups is 2. The number of rotatable bonds is 14. The second kappa shape index (κ2) is 16.0. The Morgan fingerprint density at radius 3 is 2.57 bits per heavy atom. The summed E-state index contributed by atoms with van der Waals surface area (Å²) in [5.74, 6) is -1.72. The van der Waals surface area contributed by atoms with Gasteiger partial charge in [-0.25, -0.2) is 4.79 Å². The van der Waals surface area contributed by atoms with Gasteiger partial charge in [0.25, 0.3) is 5.91 Å². The summed E-state index contributed by atoms with van der Waals surface area (Å²) in [5, 5.41) is 24.9. The molecule has 2 N–H and O–H groups in total. The summed E-state index contributed by atoms with van der Waals surface area (Å²) < 4.78 is 5.64. The zero-order valence-corrected chi connectivity index (χ0v) is 22.6. The summed E-state index contributed by atoms with van der Waals surface area (Å²) in [5.41, 5.74) is 0.384. The van der Waals surface area contributed by atoms with Crippen molar-refractivity contribution >= 4 is 29.2 Å². The Morgan fingerprint density at radius 1 is 1.19 bits per heavy atom. The highest BCUT2D eigenvalue weighted by atomic mass is 35.5. The molecule has 1 amide bonds. The number of unbranched alkanes of at least 4 members (excludes halogenated alkanes) is 1. The number of ether oxygens (including phenoxy) is 1. The van der Waals surface area contributed by atoms with E-state index in [4.69, 9.17) is 21.2 Å². The lowest BCUT2D eigenvalue weighted by Crippen LogP contribution is -2.37. The molecule has 1 atom stereocenters. The first kappa shape index (κ1) is 30.2. The van der Waals surface area contributed by atoms with E-state index >= 15 is 0 Å². The van der Waals surface area contributed by atoms with E-state index in [1.807, 2.05) is 19.9 Å². The lowest BCUT2D eigenvalue weighted by molar-refractivity contribution is -0.137. The first-order chi connectivity index (χ1) is 17.8. The van der Waals surface area contributed by atoms with Gasteiger partial charge in [-0.2, -0.15) is 0 Å². The van der Waals surface area contributed by atoms with Gasteiger partial charge in [-0.15, -0.1) is 6.58 Å². The molecule has 204 valence electrons. The normalized spacial score (nSPS) is 15.0. The quantitative estimate of drug-likeness (QED) is 0.132. The summed E-state index contributed by atoms with van der Waals surface area (Å²) in [7, 11) is 0. The fourth-order valence-electron chi connectivity index (χ4n) is 4.11. The average molecular weight is 535 g/mol. The smallest absolute Gasteiger partial charge is 0.342 e. The van der Waals surface area contributed by atoms with Crippen molar-refractivity contribution in [2.75, 3.05) is 19.7 Å². The number of oxime groups is 1. The molecule has 0 saturated carbocycles. The molecule has 0 aromatic heterocycles. The van der Waals surface area contributed by atoms with Crippen LogP contribution in [0.1, 0.15) is 81.1 Å². The molecule has 0 aliphatic carbocycles. The Balaban J connectivity index is 2.32. The molecule has 1 aliphatic rings. The lowest BCUT2D eigenvalue weighted by Gasteiger charge is -2.26. The van der Waals surface area contributed by atoms with Crippen LogP contribution in [0.15, 0.2) is 36.0 Å². The van der Waals surface area contributed by atoms with Crippen LogP contribution in [-0.4, -0.2) is 58.5 Å². The summed E-state index contributed by atoms with van der Waals surface area (Å²) >= 11 is 6.40. The molecule has 0 bridgehead atoms. The minimum Gasteiger partial charge on any atom is -0.507 e. The zero-order valence-electron chi connectivity index (χ0n) is 21.9. The molecule has 0 radical (unpaired) electrons. The van der Waals surface area contributed by atoms with Crippen molar-refractivity contribution in [3.05, 3.63) is 47.0 Å². The maximum absolute atomic E-state index is 13.1. The first-order valence-corrected chi connectivity index (χ1v) is 13.4. The lowest BCUT2D eigenvalue weighted by atomic mass is 9.99. The highest BCUT2D eigenvalue weighted by Gasteiger charge is 2.26. The van der Waals surface area contributed by atoms with E-state index in [1.165, 1.54) is 0 Å². The SMILES string of the molecule is C=CCC(CCC)OC(=O)c1c(O)cc(O)c(Cl)c1CC(/C=C/CCC)=N/OCC(=O)N1CCCCC1. The van der Waals surface area contributed by atoms with Crippen LogP contribution in [0.5, 0.6) is 11.5 Å². The summed E-state index contributed by atoms with van der Waals surface area (Å²) in [6, 6.07) is 1.02. The number of esters is 1. The molecule has 1 fully saturated rings. The number of carbonyl (C=O) groups is 2. The van der Waals surface area contributed by atoms with Crippen molar-refractivity contribution in [2.24, 2.45) is 5.16 Å². The van der Waals surface area contributed by atoms with Crippen molar-refractivity contribution < 1.29 is 29.4 Å². The van der Waals surface area contributed by atoms with Crippen LogP contribution in [0.3, 0.4) is 0 Å². The molecule has 1 aliphatic heterocycles. The summed E-state index contributed by atoms with van der Waals surface area (Å²) in [4.78, 5) is 32.7. The molecule has 0 spiro atoms. The van der Waals surface area contributed by atoms with Gasteiger partial charge in [0, 0.05) is 32.0 Å². The zero-order chi connectivity index (χ0) is 27.2. The maximum Gasteiger partial charge on any atom is 0.342 e. The molecule has 37 heavy (non-hydrogen) atoms. The van der Waals surface area contributed by atoms with E-state index in [2.05, 4.69) is 11.7 Å². The largest absolute Gasteiger partial charge is 0.507 e. The molecule has 1 unspecified atom stereocenters. The first-order valence-electron chi connectivity index (χ1n) is 13.0. The van der Waals surface area contributed by atoms with Gasteiger partial charge in [-0.3, -0.25) is 4.79 Å². The number of halogens is 1. The number of phenols is 2. The Labute approximate surface area is 224 Å². The fourth-order valence-corrected chi connectivity index (χ4v) is 4.33. The number of amides is 1. The predicted octanol–water partition coefficient (Wildman–Crippen LogP) is 5.94. The van der Waals surface area contributed by atoms with Crippen molar-refractivity contribution in [3.8, 4) is 11.5 Å². The number of hydrogen-bond donors (Lipinski definition) is 2. The van der Waals surface area contributed by atoms with Crippen LogP contribution in [0.2, 0.25) is 5.02 Å². The van der Waals surface area contributed by atoms with Gasteiger partial charge in [0.15, 0.2) is 6.61 Å². The Morgan fingerprint density at radius 2 is 1.92 bits per heavy atom. The second-order valence-corrected chi connectivity index (χ2v) is 9.47. The molecule has 8 nitrogen and oxygen atoms in total. The summed E-state index contributed by atoms with van der Waals surface area (Å²) in [6.07, 6.45) is 11.5. The number of allylic oxidation sites excluding steroid dienone is 2. The van der Waals surface area contributed by atoms with E-state index in [1.54, 1.807) is 17.1 Å². The standard InChI is InChI=1S/C28H39ClN2O6/c1-4-7-9-14-20(30-36-19-25(34)31-15-10-8-11-16-31)17-22-26(23(32)18-24(33)27(22)29)28(35)37-21(12-5-2)13-6-3/h5,9,14,18,21,32-33H,2,4,6-8,10-13,15-17,19H2,1,3H3/b14-9+,30-20+. The van der Waals surface area contributed by atoms with Gasteiger partial charge >= 0.3 is 5.97 Å². The van der Waals surface area contributed by atoms with E-state index in [9.17, 15) is 19.8 Å². The van der Waals surface area contributed by atoms with Gasteiger partial charge in [0.1, 0.15) is 23.2 Å². The van der Waals surface area contributed by atoms with Crippen LogP contribution >= 0.6 is 11.6 Å². The maximum atomic E-state index is 13.1. The topological polar surface area (TPSA) is 109 Å². The van der Waals surface area contributed by atoms with Crippen molar-refractivity contribution in [1.82, 2.24) is 4.90 Å². The third kappa shape index (κ3) is 9.43. The molecule has 2 rings (SSSR count). The predicted molar refractivity (Wildman–Crippen MR) is 145 cm³/mol. The van der Waals surface area contributed by atoms with E-state index in [0.717, 1.165) is 44.6 Å². The monoisotopic (exact) mass is 534 g/mol. The van der Waals surface area contributed by atoms with Gasteiger partial charge < -0.3 is 24.7 Å². The molecular formula is C28H39ClN2O6. The number of likely N-dealkylation sites (tertiary alicyclic amines) is 1. The highest BCUT2D eigenvalue weighted by Crippen LogP contribution is 2.37. The second-order valence-electron chi connectivity index (χ2n) is 9.09. The van der Waals surface area contributed by atoms with Gasteiger partial charge in [0.2, 0.25) is 0 Å². The minimum atomic E-state index is -0.757. The number of hydrogen-bond acceptors (Lipinski definition) is 7. The van der Waals surface area contributed by atoms with Crippen molar-refractivity contribution in [2.45, 2.75) is 77.7 Å². The van der Waals surface area contributed by atoms with Crippen LogP contribution in [0.25, 0.3) is 0 Å². The number of benzene rings is 1. The summed E-state index contributed by atoms with van der Waals surface area (Å²) in [6.45, 7) is 8.93. The number of piperidine rings is 1. The number of nitrogens with zero attached hydrogens (tertiary/aromatic N) is 2. The van der Waals surface area contributed by atoms with Gasteiger partial charge in [0.05, 0.1) is 10.7 Å². The van der Waals surface area contributed by atoms with Crippen LogP contribution < -0.4 is 0 Å². The van der Waals surface area contributed by atoms with Crippen LogP contribution in [-0.2, 0) is 20.8 Å². The van der Waals surface area contributed by atoms with E-state index in [-0.39, 0.29) is 40.8 Å². The third-order valence-corrected chi connectivity index (χ3v) is 6.46. The van der Waals surface area contributed by atoms with E-state index < -0.39 is 17.8 Å². The molecule has 9 heteroatoms. The Bertz CT molecular complexity index is 985.